The molecule has 1 rings (SSSR count). The van der Waals surface area contributed by atoms with Crippen molar-refractivity contribution in [2.45, 2.75) is 32.8 Å². The first kappa shape index (κ1) is 13.2. The Labute approximate surface area is 100 Å². The summed E-state index contributed by atoms with van der Waals surface area (Å²) in [5.74, 6) is -0.518. The lowest BCUT2D eigenvalue weighted by molar-refractivity contribution is -0.136. The topological polar surface area (TPSA) is 63.6 Å². The van der Waals surface area contributed by atoms with Crippen LogP contribution >= 0.6 is 0 Å². The monoisotopic (exact) mass is 236 g/mol. The van der Waals surface area contributed by atoms with E-state index in [-0.39, 0.29) is 24.7 Å². The van der Waals surface area contributed by atoms with Crippen molar-refractivity contribution in [1.82, 2.24) is 0 Å². The Morgan fingerprint density at radius 3 is 2.59 bits per heavy atom. The van der Waals surface area contributed by atoms with E-state index in [1.807, 2.05) is 13.8 Å². The third-order valence-corrected chi connectivity index (χ3v) is 2.09. The van der Waals surface area contributed by atoms with E-state index in [0.717, 1.165) is 0 Å². The van der Waals surface area contributed by atoms with E-state index in [1.165, 1.54) is 0 Å². The van der Waals surface area contributed by atoms with E-state index in [9.17, 15) is 9.59 Å². The second-order valence-corrected chi connectivity index (χ2v) is 4.01. The SMILES string of the molecule is CC(C)Oc1cccc(C(=O)CCC(=O)O)c1. The van der Waals surface area contributed by atoms with Gasteiger partial charge >= 0.3 is 5.97 Å². The van der Waals surface area contributed by atoms with Crippen molar-refractivity contribution in [2.75, 3.05) is 0 Å². The Balaban J connectivity index is 2.70. The number of rotatable bonds is 6. The normalized spacial score (nSPS) is 10.3. The lowest BCUT2D eigenvalue weighted by atomic mass is 10.1. The van der Waals surface area contributed by atoms with Gasteiger partial charge in [-0.2, -0.15) is 0 Å². The third-order valence-electron chi connectivity index (χ3n) is 2.09. The molecule has 0 amide bonds. The van der Waals surface area contributed by atoms with Gasteiger partial charge in [0.2, 0.25) is 0 Å². The Hall–Kier alpha value is -1.84. The van der Waals surface area contributed by atoms with Crippen LogP contribution < -0.4 is 4.74 Å². The molecule has 0 radical (unpaired) electrons. The fraction of sp³-hybridized carbons (Fsp3) is 0.385. The molecule has 0 heterocycles. The standard InChI is InChI=1S/C13H16O4/c1-9(2)17-11-5-3-4-10(8-11)12(14)6-7-13(15)16/h3-5,8-9H,6-7H2,1-2H3,(H,15,16). The third kappa shape index (κ3) is 4.68. The van der Waals surface area contributed by atoms with Gasteiger partial charge in [0.25, 0.3) is 0 Å². The highest BCUT2D eigenvalue weighted by Crippen LogP contribution is 2.16. The molecule has 0 spiro atoms. The maximum atomic E-state index is 11.7. The van der Waals surface area contributed by atoms with Crippen LogP contribution in [0.5, 0.6) is 5.75 Å². The van der Waals surface area contributed by atoms with Crippen molar-refractivity contribution >= 4 is 11.8 Å². The van der Waals surface area contributed by atoms with E-state index in [1.54, 1.807) is 24.3 Å². The summed E-state index contributed by atoms with van der Waals surface area (Å²) in [6.45, 7) is 3.80. The summed E-state index contributed by atoms with van der Waals surface area (Å²) in [6.07, 6.45) is -0.0893. The highest BCUT2D eigenvalue weighted by atomic mass is 16.5. The number of aliphatic carboxylic acids is 1. The number of benzene rings is 1. The zero-order chi connectivity index (χ0) is 12.8. The molecule has 0 fully saturated rings. The van der Waals surface area contributed by atoms with Gasteiger partial charge in [0.15, 0.2) is 5.78 Å². The number of hydrogen-bond acceptors (Lipinski definition) is 3. The van der Waals surface area contributed by atoms with Crippen molar-refractivity contribution in [3.05, 3.63) is 29.8 Å². The Morgan fingerprint density at radius 1 is 1.29 bits per heavy atom. The maximum absolute atomic E-state index is 11.7. The molecule has 1 aromatic rings. The van der Waals surface area contributed by atoms with Crippen LogP contribution in [0.2, 0.25) is 0 Å². The molecule has 4 heteroatoms. The molecular formula is C13H16O4. The van der Waals surface area contributed by atoms with E-state index in [0.29, 0.717) is 11.3 Å². The van der Waals surface area contributed by atoms with Crippen LogP contribution in [0.25, 0.3) is 0 Å². The maximum Gasteiger partial charge on any atom is 0.303 e. The van der Waals surface area contributed by atoms with Gasteiger partial charge < -0.3 is 9.84 Å². The molecule has 0 aliphatic heterocycles. The largest absolute Gasteiger partial charge is 0.491 e. The first-order chi connectivity index (χ1) is 7.99. The first-order valence-corrected chi connectivity index (χ1v) is 5.50. The van der Waals surface area contributed by atoms with Crippen molar-refractivity contribution in [2.24, 2.45) is 0 Å². The van der Waals surface area contributed by atoms with Gasteiger partial charge in [0.1, 0.15) is 5.75 Å². The molecule has 0 saturated carbocycles. The minimum absolute atomic E-state index is 0.0144. The molecule has 0 aliphatic rings. The molecule has 0 unspecified atom stereocenters. The van der Waals surface area contributed by atoms with Gasteiger partial charge in [-0.3, -0.25) is 9.59 Å². The quantitative estimate of drug-likeness (QED) is 0.771. The molecule has 1 N–H and O–H groups in total. The van der Waals surface area contributed by atoms with Crippen LogP contribution in [0.15, 0.2) is 24.3 Å². The number of carboxylic acids is 1. The van der Waals surface area contributed by atoms with Crippen LogP contribution in [0.3, 0.4) is 0 Å². The molecule has 17 heavy (non-hydrogen) atoms. The van der Waals surface area contributed by atoms with E-state index >= 15 is 0 Å². The highest BCUT2D eigenvalue weighted by Gasteiger charge is 2.09. The number of hydrogen-bond donors (Lipinski definition) is 1. The van der Waals surface area contributed by atoms with Crippen LogP contribution in [0.4, 0.5) is 0 Å². The molecule has 4 nitrogen and oxygen atoms in total. The smallest absolute Gasteiger partial charge is 0.303 e. The summed E-state index contributed by atoms with van der Waals surface area (Å²) in [7, 11) is 0. The number of carboxylic acid groups (broad SMARTS) is 1. The lowest BCUT2D eigenvalue weighted by Crippen LogP contribution is -2.07. The summed E-state index contributed by atoms with van der Waals surface area (Å²) in [4.78, 5) is 22.0. The van der Waals surface area contributed by atoms with E-state index in [4.69, 9.17) is 9.84 Å². The van der Waals surface area contributed by atoms with Crippen molar-refractivity contribution in [3.8, 4) is 5.75 Å². The minimum atomic E-state index is -0.965. The van der Waals surface area contributed by atoms with Crippen LogP contribution in [0.1, 0.15) is 37.0 Å². The van der Waals surface area contributed by atoms with Gasteiger partial charge in [0, 0.05) is 12.0 Å². The van der Waals surface area contributed by atoms with E-state index < -0.39 is 5.97 Å². The van der Waals surface area contributed by atoms with Gasteiger partial charge in [-0.05, 0) is 26.0 Å². The predicted molar refractivity (Wildman–Crippen MR) is 63.4 cm³/mol. The molecule has 0 aliphatic carbocycles. The van der Waals surface area contributed by atoms with Crippen molar-refractivity contribution < 1.29 is 19.4 Å². The fourth-order valence-electron chi connectivity index (χ4n) is 1.38. The predicted octanol–water partition coefficient (Wildman–Crippen LogP) is 2.52. The Morgan fingerprint density at radius 2 is 2.00 bits per heavy atom. The summed E-state index contributed by atoms with van der Waals surface area (Å²) < 4.78 is 5.46. The van der Waals surface area contributed by atoms with Gasteiger partial charge in [-0.25, -0.2) is 0 Å². The molecule has 0 bridgehead atoms. The Kier molecular flexibility index (Phi) is 4.69. The summed E-state index contributed by atoms with van der Waals surface area (Å²) in [5.41, 5.74) is 0.490. The molecule has 0 aromatic heterocycles. The number of carbonyl (C=O) groups excluding carboxylic acids is 1. The number of Topliss-reactive ketones (excluding diaryl/α,β-unsaturated/α-hetero) is 1. The summed E-state index contributed by atoms with van der Waals surface area (Å²) in [6, 6.07) is 6.81. The van der Waals surface area contributed by atoms with Gasteiger partial charge in [0.05, 0.1) is 12.5 Å². The van der Waals surface area contributed by atoms with Gasteiger partial charge in [-0.15, -0.1) is 0 Å². The molecule has 1 aromatic carbocycles. The van der Waals surface area contributed by atoms with Crippen LogP contribution in [-0.2, 0) is 4.79 Å². The number of carbonyl (C=O) groups is 2. The number of ether oxygens (including phenoxy) is 1. The average molecular weight is 236 g/mol. The molecule has 0 saturated heterocycles. The second kappa shape index (κ2) is 6.03. The summed E-state index contributed by atoms with van der Waals surface area (Å²) >= 11 is 0. The second-order valence-electron chi connectivity index (χ2n) is 4.01. The average Bonchev–Trinajstić information content (AvgIpc) is 2.25. The van der Waals surface area contributed by atoms with Crippen LogP contribution in [-0.4, -0.2) is 23.0 Å². The van der Waals surface area contributed by atoms with Crippen molar-refractivity contribution in [3.63, 3.8) is 0 Å². The van der Waals surface area contributed by atoms with E-state index in [2.05, 4.69) is 0 Å². The van der Waals surface area contributed by atoms with Crippen molar-refractivity contribution in [1.29, 1.82) is 0 Å². The highest BCUT2D eigenvalue weighted by molar-refractivity contribution is 5.97. The van der Waals surface area contributed by atoms with Gasteiger partial charge in [-0.1, -0.05) is 12.1 Å². The molecular weight excluding hydrogens is 220 g/mol. The first-order valence-electron chi connectivity index (χ1n) is 5.50. The molecule has 92 valence electrons. The molecule has 0 atom stereocenters. The minimum Gasteiger partial charge on any atom is -0.491 e. The zero-order valence-corrected chi connectivity index (χ0v) is 9.97. The fourth-order valence-corrected chi connectivity index (χ4v) is 1.38. The lowest BCUT2D eigenvalue weighted by Gasteiger charge is -2.10. The number of ketones is 1. The zero-order valence-electron chi connectivity index (χ0n) is 9.97. The van der Waals surface area contributed by atoms with Crippen LogP contribution in [0, 0.1) is 0 Å². The summed E-state index contributed by atoms with van der Waals surface area (Å²) in [5, 5.41) is 8.51. The Bertz CT molecular complexity index is 410.